The highest BCUT2D eigenvalue weighted by atomic mass is 19.1. The molecule has 2 aliphatic heterocycles. The molecule has 108 valence electrons. The number of piperidine rings is 2. The van der Waals surface area contributed by atoms with Crippen LogP contribution >= 0.6 is 0 Å². The van der Waals surface area contributed by atoms with E-state index in [0.717, 1.165) is 30.6 Å². The first kappa shape index (κ1) is 13.4. The SMILES string of the molecule is Cc1cc(F)ccc1C1C2CNCC(C2)CN1C(=O)O. The van der Waals surface area contributed by atoms with E-state index in [1.165, 1.54) is 12.1 Å². The monoisotopic (exact) mass is 278 g/mol. The molecular formula is C15H19FN2O2. The van der Waals surface area contributed by atoms with Crippen molar-refractivity contribution < 1.29 is 14.3 Å². The number of benzene rings is 1. The van der Waals surface area contributed by atoms with Crippen LogP contribution < -0.4 is 5.32 Å². The standard InChI is InChI=1S/C15H19FN2O2/c1-9-4-12(16)2-3-13(9)14-11-5-10(6-17-7-11)8-18(14)15(19)20/h2-4,10-11,14,17H,5-8H2,1H3,(H,19,20). The number of carboxylic acid groups (broad SMARTS) is 1. The smallest absolute Gasteiger partial charge is 0.407 e. The van der Waals surface area contributed by atoms with Crippen molar-refractivity contribution in [3.63, 3.8) is 0 Å². The molecule has 0 saturated carbocycles. The largest absolute Gasteiger partial charge is 0.465 e. The maximum absolute atomic E-state index is 13.3. The molecule has 0 radical (unpaired) electrons. The highest BCUT2D eigenvalue weighted by Gasteiger charge is 2.41. The van der Waals surface area contributed by atoms with Gasteiger partial charge in [-0.15, -0.1) is 0 Å². The zero-order valence-corrected chi connectivity index (χ0v) is 11.5. The topological polar surface area (TPSA) is 52.6 Å². The molecule has 5 heteroatoms. The molecule has 1 aromatic rings. The minimum Gasteiger partial charge on any atom is -0.465 e. The van der Waals surface area contributed by atoms with Gasteiger partial charge in [-0.05, 0) is 55.0 Å². The van der Waals surface area contributed by atoms with Crippen molar-refractivity contribution in [2.75, 3.05) is 19.6 Å². The fourth-order valence-electron chi connectivity index (χ4n) is 3.68. The van der Waals surface area contributed by atoms with Crippen molar-refractivity contribution in [2.24, 2.45) is 11.8 Å². The quantitative estimate of drug-likeness (QED) is 0.829. The first-order chi connectivity index (χ1) is 9.56. The van der Waals surface area contributed by atoms with Crippen LogP contribution in [0.15, 0.2) is 18.2 Å². The molecule has 2 aliphatic rings. The third-order valence-electron chi connectivity index (χ3n) is 4.51. The first-order valence-corrected chi connectivity index (χ1v) is 7.02. The summed E-state index contributed by atoms with van der Waals surface area (Å²) in [6, 6.07) is 4.47. The molecule has 0 spiro atoms. The van der Waals surface area contributed by atoms with E-state index in [1.54, 1.807) is 11.0 Å². The average Bonchev–Trinajstić information content (AvgIpc) is 2.40. The lowest BCUT2D eigenvalue weighted by molar-refractivity contribution is 0.0361. The number of hydrogen-bond donors (Lipinski definition) is 2. The van der Waals surface area contributed by atoms with Crippen LogP contribution in [0.2, 0.25) is 0 Å². The van der Waals surface area contributed by atoms with E-state index in [4.69, 9.17) is 0 Å². The van der Waals surface area contributed by atoms with E-state index in [1.807, 2.05) is 6.92 Å². The Bertz CT molecular complexity index is 535. The number of nitrogens with zero attached hydrogens (tertiary/aromatic N) is 1. The summed E-state index contributed by atoms with van der Waals surface area (Å²) >= 11 is 0. The Morgan fingerprint density at radius 2 is 2.25 bits per heavy atom. The van der Waals surface area contributed by atoms with Crippen LogP contribution in [0.1, 0.15) is 23.6 Å². The van der Waals surface area contributed by atoms with Crippen molar-refractivity contribution in [1.29, 1.82) is 0 Å². The fourth-order valence-corrected chi connectivity index (χ4v) is 3.68. The molecule has 0 aliphatic carbocycles. The van der Waals surface area contributed by atoms with Crippen LogP contribution in [0.3, 0.4) is 0 Å². The molecule has 1 amide bonds. The number of rotatable bonds is 1. The third-order valence-corrected chi connectivity index (χ3v) is 4.51. The van der Waals surface area contributed by atoms with Gasteiger partial charge < -0.3 is 15.3 Å². The fraction of sp³-hybridized carbons (Fsp3) is 0.533. The lowest BCUT2D eigenvalue weighted by Gasteiger charge is -2.47. The van der Waals surface area contributed by atoms with Crippen molar-refractivity contribution in [3.8, 4) is 0 Å². The van der Waals surface area contributed by atoms with Gasteiger partial charge in [0.15, 0.2) is 0 Å². The lowest BCUT2D eigenvalue weighted by Crippen LogP contribution is -2.54. The summed E-state index contributed by atoms with van der Waals surface area (Å²) in [4.78, 5) is 13.1. The summed E-state index contributed by atoms with van der Waals surface area (Å²) in [7, 11) is 0. The second kappa shape index (κ2) is 5.05. The van der Waals surface area contributed by atoms with Gasteiger partial charge >= 0.3 is 6.09 Å². The molecule has 2 fully saturated rings. The van der Waals surface area contributed by atoms with Gasteiger partial charge in [0.25, 0.3) is 0 Å². The van der Waals surface area contributed by atoms with Crippen molar-refractivity contribution in [2.45, 2.75) is 19.4 Å². The Kier molecular flexibility index (Phi) is 3.38. The van der Waals surface area contributed by atoms with Gasteiger partial charge in [-0.3, -0.25) is 0 Å². The zero-order valence-electron chi connectivity index (χ0n) is 11.5. The number of fused-ring (bicyclic) bond motifs is 2. The summed E-state index contributed by atoms with van der Waals surface area (Å²) in [5, 5.41) is 12.9. The van der Waals surface area contributed by atoms with Crippen molar-refractivity contribution in [3.05, 3.63) is 35.1 Å². The maximum Gasteiger partial charge on any atom is 0.407 e. The molecule has 0 aromatic heterocycles. The van der Waals surface area contributed by atoms with Crippen LogP contribution in [0.4, 0.5) is 9.18 Å². The summed E-state index contributed by atoms with van der Waals surface area (Å²) in [6.07, 6.45) is 0.161. The van der Waals surface area contributed by atoms with E-state index >= 15 is 0 Å². The molecule has 2 heterocycles. The molecule has 2 bridgehead atoms. The van der Waals surface area contributed by atoms with E-state index in [9.17, 15) is 14.3 Å². The number of carbonyl (C=O) groups is 1. The summed E-state index contributed by atoms with van der Waals surface area (Å²) < 4.78 is 13.3. The van der Waals surface area contributed by atoms with E-state index in [-0.39, 0.29) is 17.8 Å². The Balaban J connectivity index is 2.00. The second-order valence-corrected chi connectivity index (χ2v) is 5.90. The molecule has 20 heavy (non-hydrogen) atoms. The third kappa shape index (κ3) is 2.26. The van der Waals surface area contributed by atoms with Crippen LogP contribution in [0.25, 0.3) is 0 Å². The highest BCUT2D eigenvalue weighted by Crippen LogP contribution is 2.40. The molecule has 3 unspecified atom stereocenters. The summed E-state index contributed by atoms with van der Waals surface area (Å²) in [6.45, 7) is 4.11. The molecule has 1 aromatic carbocycles. The molecular weight excluding hydrogens is 259 g/mol. The maximum atomic E-state index is 13.3. The Morgan fingerprint density at radius 3 is 2.95 bits per heavy atom. The zero-order chi connectivity index (χ0) is 14.3. The van der Waals surface area contributed by atoms with Crippen LogP contribution in [0, 0.1) is 24.6 Å². The average molecular weight is 278 g/mol. The molecule has 2 N–H and O–H groups in total. The summed E-state index contributed by atoms with van der Waals surface area (Å²) in [5.41, 5.74) is 1.76. The molecule has 3 atom stereocenters. The molecule has 3 rings (SSSR count). The second-order valence-electron chi connectivity index (χ2n) is 5.90. The predicted molar refractivity (Wildman–Crippen MR) is 73.1 cm³/mol. The number of aryl methyl sites for hydroxylation is 1. The van der Waals surface area contributed by atoms with Crippen LogP contribution in [0.5, 0.6) is 0 Å². The van der Waals surface area contributed by atoms with Crippen molar-refractivity contribution in [1.82, 2.24) is 10.2 Å². The van der Waals surface area contributed by atoms with Gasteiger partial charge in [0.2, 0.25) is 0 Å². The van der Waals surface area contributed by atoms with Gasteiger partial charge in [-0.1, -0.05) is 6.07 Å². The van der Waals surface area contributed by atoms with Crippen LogP contribution in [-0.2, 0) is 0 Å². The predicted octanol–water partition coefficient (Wildman–Crippen LogP) is 2.39. The Labute approximate surface area is 117 Å². The van der Waals surface area contributed by atoms with Gasteiger partial charge in [0.1, 0.15) is 5.82 Å². The van der Waals surface area contributed by atoms with Gasteiger partial charge in [0.05, 0.1) is 6.04 Å². The Morgan fingerprint density at radius 1 is 1.45 bits per heavy atom. The van der Waals surface area contributed by atoms with Gasteiger partial charge in [-0.2, -0.15) is 0 Å². The number of amides is 1. The number of halogens is 1. The molecule has 4 nitrogen and oxygen atoms in total. The minimum absolute atomic E-state index is 0.169. The number of likely N-dealkylation sites (tertiary alicyclic amines) is 1. The van der Waals surface area contributed by atoms with Gasteiger partial charge in [0, 0.05) is 13.1 Å². The van der Waals surface area contributed by atoms with E-state index < -0.39 is 6.09 Å². The van der Waals surface area contributed by atoms with E-state index in [0.29, 0.717) is 12.5 Å². The number of hydrogen-bond acceptors (Lipinski definition) is 2. The first-order valence-electron chi connectivity index (χ1n) is 7.02. The molecule has 2 saturated heterocycles. The van der Waals surface area contributed by atoms with Crippen LogP contribution in [-0.4, -0.2) is 35.7 Å². The Hall–Kier alpha value is -1.62. The normalized spacial score (nSPS) is 29.3. The van der Waals surface area contributed by atoms with E-state index in [2.05, 4.69) is 5.32 Å². The number of nitrogens with one attached hydrogen (secondary N) is 1. The highest BCUT2D eigenvalue weighted by molar-refractivity contribution is 5.66. The van der Waals surface area contributed by atoms with Crippen molar-refractivity contribution >= 4 is 6.09 Å². The van der Waals surface area contributed by atoms with Gasteiger partial charge in [-0.25, -0.2) is 9.18 Å². The minimum atomic E-state index is -0.879. The summed E-state index contributed by atoms with van der Waals surface area (Å²) in [5.74, 6) is 0.383. The lowest BCUT2D eigenvalue weighted by atomic mass is 9.77.